The highest BCUT2D eigenvalue weighted by molar-refractivity contribution is 6.31. The molecule has 2 aromatic carbocycles. The van der Waals surface area contributed by atoms with E-state index in [4.69, 9.17) is 11.6 Å². The Bertz CT molecular complexity index is 891. The number of rotatable bonds is 5. The molecule has 0 atom stereocenters. The van der Waals surface area contributed by atoms with Gasteiger partial charge in [-0.15, -0.1) is 0 Å². The molecule has 1 aliphatic rings. The molecule has 1 saturated heterocycles. The van der Waals surface area contributed by atoms with Crippen LogP contribution < -0.4 is 10.6 Å². The van der Waals surface area contributed by atoms with E-state index in [2.05, 4.69) is 21.6 Å². The second-order valence-corrected chi connectivity index (χ2v) is 8.00. The van der Waals surface area contributed by atoms with Gasteiger partial charge in [-0.05, 0) is 81.2 Å². The number of nitrogens with zero attached hydrogens (tertiary/aromatic N) is 1. The van der Waals surface area contributed by atoms with Crippen molar-refractivity contribution < 1.29 is 14.0 Å². The third kappa shape index (κ3) is 6.02. The quantitative estimate of drug-likeness (QED) is 0.758. The molecular formula is C22H25ClFN3O2. The van der Waals surface area contributed by atoms with Crippen LogP contribution >= 0.6 is 11.6 Å². The molecule has 29 heavy (non-hydrogen) atoms. The standard InChI is InChI=1S/C22H25ClFN3O2/c1-14-9-15(2)11-18(10-14)25-21(28)13-27-7-5-16(6-8-27)22(29)26-17-3-4-20(24)19(23)12-17/h3-4,9-12,16H,5-8,13H2,1-2H3,(H,25,28)(H,26,29). The molecule has 1 heterocycles. The van der Waals surface area contributed by atoms with Gasteiger partial charge in [0.1, 0.15) is 5.82 Å². The molecule has 154 valence electrons. The maximum Gasteiger partial charge on any atom is 0.238 e. The average molecular weight is 418 g/mol. The first-order valence-corrected chi connectivity index (χ1v) is 10.0. The maximum absolute atomic E-state index is 13.2. The second-order valence-electron chi connectivity index (χ2n) is 7.59. The zero-order chi connectivity index (χ0) is 21.0. The highest BCUT2D eigenvalue weighted by Crippen LogP contribution is 2.23. The van der Waals surface area contributed by atoms with Crippen molar-refractivity contribution in [1.82, 2.24) is 4.90 Å². The third-order valence-corrected chi connectivity index (χ3v) is 5.31. The van der Waals surface area contributed by atoms with Crippen LogP contribution in [0.25, 0.3) is 0 Å². The summed E-state index contributed by atoms with van der Waals surface area (Å²) in [6.45, 7) is 5.64. The molecule has 7 heteroatoms. The second kappa shape index (κ2) is 9.37. The van der Waals surface area contributed by atoms with Gasteiger partial charge in [-0.25, -0.2) is 4.39 Å². The monoisotopic (exact) mass is 417 g/mol. The van der Waals surface area contributed by atoms with E-state index in [0.29, 0.717) is 38.2 Å². The van der Waals surface area contributed by atoms with Crippen molar-refractivity contribution in [3.05, 3.63) is 58.4 Å². The van der Waals surface area contributed by atoms with Gasteiger partial charge in [0, 0.05) is 17.3 Å². The lowest BCUT2D eigenvalue weighted by Crippen LogP contribution is -2.41. The van der Waals surface area contributed by atoms with Crippen LogP contribution in [0.15, 0.2) is 36.4 Å². The highest BCUT2D eigenvalue weighted by atomic mass is 35.5. The lowest BCUT2D eigenvalue weighted by atomic mass is 9.96. The Morgan fingerprint density at radius 2 is 1.69 bits per heavy atom. The first kappa shape index (κ1) is 21.3. The van der Waals surface area contributed by atoms with Crippen molar-refractivity contribution in [2.45, 2.75) is 26.7 Å². The Hall–Kier alpha value is -2.44. The number of benzene rings is 2. The van der Waals surface area contributed by atoms with E-state index in [0.717, 1.165) is 16.8 Å². The first-order valence-electron chi connectivity index (χ1n) is 9.66. The summed E-state index contributed by atoms with van der Waals surface area (Å²) < 4.78 is 13.2. The minimum absolute atomic E-state index is 0.0209. The molecule has 5 nitrogen and oxygen atoms in total. The van der Waals surface area contributed by atoms with Gasteiger partial charge in [-0.3, -0.25) is 14.5 Å². The number of halogens is 2. The van der Waals surface area contributed by atoms with Gasteiger partial charge < -0.3 is 10.6 Å². The van der Waals surface area contributed by atoms with E-state index in [-0.39, 0.29) is 22.8 Å². The minimum Gasteiger partial charge on any atom is -0.326 e. The number of hydrogen-bond donors (Lipinski definition) is 2. The van der Waals surface area contributed by atoms with Gasteiger partial charge in [0.25, 0.3) is 0 Å². The number of carbonyl (C=O) groups is 2. The van der Waals surface area contributed by atoms with Crippen molar-refractivity contribution in [1.29, 1.82) is 0 Å². The van der Waals surface area contributed by atoms with Gasteiger partial charge in [0.05, 0.1) is 11.6 Å². The van der Waals surface area contributed by atoms with Gasteiger partial charge in [-0.1, -0.05) is 17.7 Å². The lowest BCUT2D eigenvalue weighted by Gasteiger charge is -2.30. The topological polar surface area (TPSA) is 61.4 Å². The molecule has 1 aliphatic heterocycles. The number of carbonyl (C=O) groups excluding carboxylic acids is 2. The fraction of sp³-hybridized carbons (Fsp3) is 0.364. The molecule has 0 unspecified atom stereocenters. The van der Waals surface area contributed by atoms with E-state index < -0.39 is 5.82 Å². The summed E-state index contributed by atoms with van der Waals surface area (Å²) >= 11 is 5.76. The molecule has 2 aromatic rings. The van der Waals surface area contributed by atoms with Crippen molar-refractivity contribution in [2.24, 2.45) is 5.92 Å². The molecule has 0 saturated carbocycles. The number of piperidine rings is 1. The van der Waals surface area contributed by atoms with E-state index in [9.17, 15) is 14.0 Å². The molecular weight excluding hydrogens is 393 g/mol. The molecule has 3 rings (SSSR count). The average Bonchev–Trinajstić information content (AvgIpc) is 2.64. The van der Waals surface area contributed by atoms with Crippen molar-refractivity contribution in [3.63, 3.8) is 0 Å². The van der Waals surface area contributed by atoms with Crippen molar-refractivity contribution >= 4 is 34.8 Å². The van der Waals surface area contributed by atoms with Crippen molar-refractivity contribution in [2.75, 3.05) is 30.3 Å². The van der Waals surface area contributed by atoms with E-state index in [1.54, 1.807) is 0 Å². The van der Waals surface area contributed by atoms with Gasteiger partial charge in [-0.2, -0.15) is 0 Å². The smallest absolute Gasteiger partial charge is 0.238 e. The lowest BCUT2D eigenvalue weighted by molar-refractivity contribution is -0.121. The SMILES string of the molecule is Cc1cc(C)cc(NC(=O)CN2CCC(C(=O)Nc3ccc(F)c(Cl)c3)CC2)c1. The van der Waals surface area contributed by atoms with E-state index >= 15 is 0 Å². The predicted octanol–water partition coefficient (Wildman–Crippen LogP) is 4.39. The highest BCUT2D eigenvalue weighted by Gasteiger charge is 2.26. The van der Waals surface area contributed by atoms with Crippen LogP contribution in [0.2, 0.25) is 5.02 Å². The number of nitrogens with one attached hydrogen (secondary N) is 2. The summed E-state index contributed by atoms with van der Waals surface area (Å²) in [5.74, 6) is -0.819. The molecule has 0 spiro atoms. The third-order valence-electron chi connectivity index (χ3n) is 5.02. The normalized spacial score (nSPS) is 15.2. The Labute approximate surface area is 175 Å². The number of amides is 2. The number of likely N-dealkylation sites (tertiary alicyclic amines) is 1. The summed E-state index contributed by atoms with van der Waals surface area (Å²) in [7, 11) is 0. The van der Waals surface area contributed by atoms with Gasteiger partial charge in [0.15, 0.2) is 0 Å². The molecule has 0 aromatic heterocycles. The van der Waals surface area contributed by atoms with E-state index in [1.807, 2.05) is 26.0 Å². The van der Waals surface area contributed by atoms with Crippen LogP contribution in [-0.4, -0.2) is 36.3 Å². The molecule has 0 radical (unpaired) electrons. The molecule has 2 N–H and O–H groups in total. The Kier molecular flexibility index (Phi) is 6.87. The fourth-order valence-electron chi connectivity index (χ4n) is 3.62. The first-order chi connectivity index (χ1) is 13.8. The summed E-state index contributed by atoms with van der Waals surface area (Å²) in [4.78, 5) is 26.8. The maximum atomic E-state index is 13.2. The zero-order valence-electron chi connectivity index (χ0n) is 16.6. The minimum atomic E-state index is -0.517. The Balaban J connectivity index is 1.46. The van der Waals surface area contributed by atoms with Crippen LogP contribution in [0, 0.1) is 25.6 Å². The van der Waals surface area contributed by atoms with Crippen LogP contribution in [0.5, 0.6) is 0 Å². The summed E-state index contributed by atoms with van der Waals surface area (Å²) in [6, 6.07) is 10.1. The Morgan fingerprint density at radius 1 is 1.03 bits per heavy atom. The summed E-state index contributed by atoms with van der Waals surface area (Å²) in [5.41, 5.74) is 3.50. The largest absolute Gasteiger partial charge is 0.326 e. The van der Waals surface area contributed by atoms with Gasteiger partial charge in [0.2, 0.25) is 11.8 Å². The Morgan fingerprint density at radius 3 is 2.31 bits per heavy atom. The zero-order valence-corrected chi connectivity index (χ0v) is 17.4. The summed E-state index contributed by atoms with van der Waals surface area (Å²) in [6.07, 6.45) is 1.33. The van der Waals surface area contributed by atoms with Crippen LogP contribution in [0.4, 0.5) is 15.8 Å². The van der Waals surface area contributed by atoms with E-state index in [1.165, 1.54) is 18.2 Å². The predicted molar refractivity (Wildman–Crippen MR) is 114 cm³/mol. The molecule has 2 amide bonds. The number of hydrogen-bond acceptors (Lipinski definition) is 3. The van der Waals surface area contributed by atoms with Crippen molar-refractivity contribution in [3.8, 4) is 0 Å². The molecule has 0 aliphatic carbocycles. The molecule has 1 fully saturated rings. The van der Waals surface area contributed by atoms with Gasteiger partial charge >= 0.3 is 0 Å². The van der Waals surface area contributed by atoms with Crippen LogP contribution in [0.1, 0.15) is 24.0 Å². The van der Waals surface area contributed by atoms with Crippen LogP contribution in [0.3, 0.4) is 0 Å². The fourth-order valence-corrected chi connectivity index (χ4v) is 3.80. The van der Waals surface area contributed by atoms with Crippen LogP contribution in [-0.2, 0) is 9.59 Å². The summed E-state index contributed by atoms with van der Waals surface area (Å²) in [5, 5.41) is 5.71. The molecule has 0 bridgehead atoms. The number of aryl methyl sites for hydroxylation is 2. The number of anilines is 2.